The topological polar surface area (TPSA) is 69.4 Å². The van der Waals surface area contributed by atoms with Crippen molar-refractivity contribution in [3.63, 3.8) is 0 Å². The van der Waals surface area contributed by atoms with Crippen molar-refractivity contribution in [1.29, 1.82) is 0 Å². The summed E-state index contributed by atoms with van der Waals surface area (Å²) in [7, 11) is 0. The van der Waals surface area contributed by atoms with E-state index in [9.17, 15) is 9.59 Å². The van der Waals surface area contributed by atoms with E-state index in [1.807, 2.05) is 47.3 Å². The van der Waals surface area contributed by atoms with Gasteiger partial charge in [0.05, 0.1) is 25.6 Å². The minimum absolute atomic E-state index is 0.00139. The zero-order valence-electron chi connectivity index (χ0n) is 37.0. The lowest BCUT2D eigenvalue weighted by atomic mass is 9.99. The molecule has 322 valence electrons. The minimum Gasteiger partial charge on any atom is -0.462 e. The summed E-state index contributed by atoms with van der Waals surface area (Å²) < 4.78 is 13.5. The van der Waals surface area contributed by atoms with Gasteiger partial charge in [-0.25, -0.2) is 9.59 Å². The molecule has 6 heteroatoms. The van der Waals surface area contributed by atoms with E-state index in [1.54, 1.807) is 12.4 Å². The molecule has 0 spiro atoms. The quantitative estimate of drug-likeness (QED) is 0.0168. The highest BCUT2D eigenvalue weighted by Gasteiger charge is 2.29. The minimum atomic E-state index is -0.596. The number of ether oxygens (including phenoxy) is 2. The van der Waals surface area contributed by atoms with Gasteiger partial charge in [-0.15, -0.1) is 0 Å². The second-order valence-electron chi connectivity index (χ2n) is 16.5. The molecule has 0 N–H and O–H groups in total. The SMILES string of the molecule is CCCCCCCCCCCCCCCCCCOC(=O)C(C(=O)OCCCCCCCCCCCCCCCCCC)=C(C[n+]1ccncc1)c1ccccc1. The maximum absolute atomic E-state index is 13.7. The summed E-state index contributed by atoms with van der Waals surface area (Å²) in [5, 5.41) is 0. The molecule has 0 radical (unpaired) electrons. The van der Waals surface area contributed by atoms with Gasteiger partial charge in [-0.2, -0.15) is 4.57 Å². The van der Waals surface area contributed by atoms with Crippen LogP contribution in [0.15, 0.2) is 60.7 Å². The highest BCUT2D eigenvalue weighted by Crippen LogP contribution is 2.23. The molecule has 0 amide bonds. The van der Waals surface area contributed by atoms with Gasteiger partial charge < -0.3 is 9.47 Å². The summed E-state index contributed by atoms with van der Waals surface area (Å²) in [6.45, 7) is 5.49. The van der Waals surface area contributed by atoms with Crippen LogP contribution >= 0.6 is 0 Å². The summed E-state index contributed by atoms with van der Waals surface area (Å²) in [4.78, 5) is 31.6. The number of hydrogen-bond donors (Lipinski definition) is 0. The number of esters is 2. The number of allylic oxidation sites excluding steroid dienone is 1. The molecule has 57 heavy (non-hydrogen) atoms. The van der Waals surface area contributed by atoms with Crippen LogP contribution in [0, 0.1) is 0 Å². The first-order chi connectivity index (χ1) is 28.2. The summed E-state index contributed by atoms with van der Waals surface area (Å²) in [6, 6.07) is 9.65. The third-order valence-corrected chi connectivity index (χ3v) is 11.3. The first kappa shape index (κ1) is 50.1. The number of carbonyl (C=O) groups is 2. The molecule has 0 unspecified atom stereocenters. The average Bonchev–Trinajstić information content (AvgIpc) is 3.23. The summed E-state index contributed by atoms with van der Waals surface area (Å²) in [5.74, 6) is -1.19. The van der Waals surface area contributed by atoms with Crippen LogP contribution in [0.1, 0.15) is 225 Å². The van der Waals surface area contributed by atoms with Crippen LogP contribution in [0.5, 0.6) is 0 Å². The maximum Gasteiger partial charge on any atom is 0.346 e. The predicted molar refractivity (Wildman–Crippen MR) is 239 cm³/mol. The molecule has 1 aromatic heterocycles. The molecule has 0 saturated carbocycles. The Morgan fingerprint density at radius 3 is 1.11 bits per heavy atom. The van der Waals surface area contributed by atoms with E-state index in [2.05, 4.69) is 18.8 Å². The van der Waals surface area contributed by atoms with E-state index < -0.39 is 11.9 Å². The van der Waals surface area contributed by atoms with Crippen molar-refractivity contribution in [1.82, 2.24) is 4.98 Å². The Morgan fingerprint density at radius 1 is 0.456 bits per heavy atom. The van der Waals surface area contributed by atoms with Crippen molar-refractivity contribution < 1.29 is 23.6 Å². The molecule has 1 aromatic carbocycles. The monoisotopic (exact) mass is 790 g/mol. The number of aromatic nitrogens is 2. The van der Waals surface area contributed by atoms with Gasteiger partial charge in [0.15, 0.2) is 24.5 Å². The van der Waals surface area contributed by atoms with Crippen molar-refractivity contribution in [2.24, 2.45) is 0 Å². The van der Waals surface area contributed by atoms with Crippen LogP contribution in [0.25, 0.3) is 5.57 Å². The van der Waals surface area contributed by atoms with E-state index in [4.69, 9.17) is 9.47 Å². The lowest BCUT2D eigenvalue weighted by Gasteiger charge is -2.14. The highest BCUT2D eigenvalue weighted by molar-refractivity contribution is 6.19. The van der Waals surface area contributed by atoms with Crippen molar-refractivity contribution in [2.75, 3.05) is 13.2 Å². The van der Waals surface area contributed by atoms with Gasteiger partial charge in [0.2, 0.25) is 0 Å². The first-order valence-corrected chi connectivity index (χ1v) is 24.1. The third-order valence-electron chi connectivity index (χ3n) is 11.3. The Bertz CT molecular complexity index is 1200. The van der Waals surface area contributed by atoms with Crippen LogP contribution in [0.4, 0.5) is 0 Å². The van der Waals surface area contributed by atoms with Gasteiger partial charge in [0.25, 0.3) is 0 Å². The highest BCUT2D eigenvalue weighted by atomic mass is 16.6. The Balaban J connectivity index is 1.74. The number of nitrogens with zero attached hydrogens (tertiary/aromatic N) is 2. The standard InChI is InChI=1S/C51H85N2O4/c1-3-5-7-9-11-13-15-17-19-21-23-25-27-29-31-36-44-56-50(54)49(48(47-38-34-33-35-39-47)46-53-42-40-52-41-43-53)51(55)57-45-37-32-30-28-26-24-22-20-18-16-14-12-10-8-6-4-2/h33-35,38-43H,3-32,36-37,44-46H2,1-2H3/q+1. The van der Waals surface area contributed by atoms with E-state index in [0.717, 1.165) is 44.1 Å². The molecule has 0 aliphatic rings. The molecule has 2 rings (SSSR count). The summed E-state index contributed by atoms with van der Waals surface area (Å²) >= 11 is 0. The van der Waals surface area contributed by atoms with Crippen molar-refractivity contribution in [2.45, 2.75) is 226 Å². The predicted octanol–water partition coefficient (Wildman–Crippen LogP) is 14.4. The molecular formula is C51H85N2O4+. The van der Waals surface area contributed by atoms with Crippen molar-refractivity contribution in [3.8, 4) is 0 Å². The fourth-order valence-electron chi connectivity index (χ4n) is 7.69. The lowest BCUT2D eigenvalue weighted by Crippen LogP contribution is -2.35. The Hall–Kier alpha value is -3.02. The van der Waals surface area contributed by atoms with Gasteiger partial charge in [0.1, 0.15) is 0 Å². The van der Waals surface area contributed by atoms with Gasteiger partial charge in [-0.1, -0.05) is 237 Å². The van der Waals surface area contributed by atoms with Crippen LogP contribution in [0.2, 0.25) is 0 Å². The number of hydrogen-bond acceptors (Lipinski definition) is 5. The zero-order chi connectivity index (χ0) is 40.7. The molecule has 2 aromatic rings. The van der Waals surface area contributed by atoms with Crippen molar-refractivity contribution >= 4 is 17.5 Å². The largest absolute Gasteiger partial charge is 0.462 e. The number of unbranched alkanes of at least 4 members (excludes halogenated alkanes) is 30. The molecule has 0 fully saturated rings. The molecule has 0 aliphatic heterocycles. The molecule has 6 nitrogen and oxygen atoms in total. The van der Waals surface area contributed by atoms with E-state index in [-0.39, 0.29) is 5.57 Å². The Morgan fingerprint density at radius 2 is 0.772 bits per heavy atom. The molecule has 0 aliphatic carbocycles. The maximum atomic E-state index is 13.7. The molecule has 0 atom stereocenters. The smallest absolute Gasteiger partial charge is 0.346 e. The van der Waals surface area contributed by atoms with Gasteiger partial charge >= 0.3 is 11.9 Å². The second-order valence-corrected chi connectivity index (χ2v) is 16.5. The molecule has 1 heterocycles. The van der Waals surface area contributed by atoms with Crippen molar-refractivity contribution in [3.05, 3.63) is 66.3 Å². The molecular weight excluding hydrogens is 705 g/mol. The Labute approximate surface area is 350 Å². The zero-order valence-corrected chi connectivity index (χ0v) is 37.0. The van der Waals surface area contributed by atoms with Crippen LogP contribution in [0.3, 0.4) is 0 Å². The van der Waals surface area contributed by atoms with Crippen LogP contribution in [-0.2, 0) is 25.6 Å². The fourth-order valence-corrected chi connectivity index (χ4v) is 7.69. The van der Waals surface area contributed by atoms with Gasteiger partial charge in [0, 0.05) is 5.57 Å². The van der Waals surface area contributed by atoms with Gasteiger partial charge in [-0.05, 0) is 18.4 Å². The van der Waals surface area contributed by atoms with Gasteiger partial charge in [-0.3, -0.25) is 4.98 Å². The van der Waals surface area contributed by atoms with Crippen LogP contribution < -0.4 is 4.57 Å². The second kappa shape index (κ2) is 37.3. The first-order valence-electron chi connectivity index (χ1n) is 24.1. The number of rotatable bonds is 39. The summed E-state index contributed by atoms with van der Waals surface area (Å²) in [5.41, 5.74) is 1.40. The Kier molecular flexibility index (Phi) is 32.8. The third kappa shape index (κ3) is 27.3. The van der Waals surface area contributed by atoms with E-state index in [1.165, 1.54) is 167 Å². The van der Waals surface area contributed by atoms with Crippen LogP contribution in [-0.4, -0.2) is 30.1 Å². The summed E-state index contributed by atoms with van der Waals surface area (Å²) in [6.07, 6.45) is 48.4. The lowest BCUT2D eigenvalue weighted by molar-refractivity contribution is -0.684. The fraction of sp³-hybridized carbons (Fsp3) is 0.725. The normalized spacial score (nSPS) is 11.1. The number of benzene rings is 1. The van der Waals surface area contributed by atoms with E-state index in [0.29, 0.717) is 25.3 Å². The van der Waals surface area contributed by atoms with E-state index >= 15 is 0 Å². The molecule has 0 bridgehead atoms. The molecule has 0 saturated heterocycles. The number of carbonyl (C=O) groups excluding carboxylic acids is 2. The average molecular weight is 790 g/mol.